The van der Waals surface area contributed by atoms with Crippen molar-refractivity contribution >= 4 is 35.6 Å². The monoisotopic (exact) mass is 526 g/mol. The first-order valence-electron chi connectivity index (χ1n) is 11.3. The Morgan fingerprint density at radius 1 is 1.20 bits per heavy atom. The highest BCUT2D eigenvalue weighted by Crippen LogP contribution is 2.62. The molecule has 1 N–H and O–H groups in total. The van der Waals surface area contributed by atoms with E-state index in [0.717, 1.165) is 51.0 Å². The van der Waals surface area contributed by atoms with Crippen molar-refractivity contribution in [3.8, 4) is 5.75 Å². The van der Waals surface area contributed by atoms with E-state index in [9.17, 15) is 0 Å². The molecule has 6 nitrogen and oxygen atoms in total. The van der Waals surface area contributed by atoms with Gasteiger partial charge in [-0.1, -0.05) is 6.42 Å². The Labute approximate surface area is 197 Å². The Morgan fingerprint density at radius 3 is 2.53 bits per heavy atom. The van der Waals surface area contributed by atoms with Gasteiger partial charge in [-0.25, -0.2) is 0 Å². The molecule has 1 aromatic rings. The summed E-state index contributed by atoms with van der Waals surface area (Å²) in [6.07, 6.45) is 5.69. The van der Waals surface area contributed by atoms with Crippen molar-refractivity contribution in [1.29, 1.82) is 0 Å². The van der Waals surface area contributed by atoms with Gasteiger partial charge in [0.05, 0.1) is 13.2 Å². The Bertz CT molecular complexity index is 744. The van der Waals surface area contributed by atoms with Crippen molar-refractivity contribution in [2.24, 2.45) is 16.3 Å². The summed E-state index contributed by atoms with van der Waals surface area (Å²) in [5.74, 6) is 2.70. The second-order valence-electron chi connectivity index (χ2n) is 8.92. The molecular weight excluding hydrogens is 491 g/mol. The Hall–Kier alpha value is -1.22. The number of fused-ring (bicyclic) bond motifs is 2. The van der Waals surface area contributed by atoms with Crippen LogP contribution in [-0.4, -0.2) is 69.4 Å². The van der Waals surface area contributed by atoms with Crippen LogP contribution in [0, 0.1) is 11.3 Å². The first-order valence-corrected chi connectivity index (χ1v) is 11.3. The van der Waals surface area contributed by atoms with Gasteiger partial charge in [0.25, 0.3) is 0 Å². The largest absolute Gasteiger partial charge is 0.497 e. The molecule has 0 radical (unpaired) electrons. The molecule has 2 saturated heterocycles. The number of benzene rings is 1. The fraction of sp³-hybridized carbons (Fsp3) is 0.696. The number of nitrogens with zero attached hydrogens (tertiary/aromatic N) is 3. The lowest BCUT2D eigenvalue weighted by Gasteiger charge is -2.63. The molecule has 2 aliphatic heterocycles. The molecule has 4 aliphatic rings. The van der Waals surface area contributed by atoms with Crippen molar-refractivity contribution in [2.45, 2.75) is 44.8 Å². The van der Waals surface area contributed by atoms with E-state index in [-0.39, 0.29) is 24.0 Å². The first-order chi connectivity index (χ1) is 14.2. The molecule has 2 heterocycles. The van der Waals surface area contributed by atoms with Crippen LogP contribution < -0.4 is 15.0 Å². The highest BCUT2D eigenvalue weighted by Gasteiger charge is 2.66. The third kappa shape index (κ3) is 3.66. The number of guanidine groups is 1. The molecule has 4 fully saturated rings. The summed E-state index contributed by atoms with van der Waals surface area (Å²) in [6.45, 7) is 7.94. The SMILES string of the molecule is CCN=C(NC1C2CCOC2C12CCC2)N1CCN(c2ccc(OC)cc2)CC1.I. The molecule has 5 rings (SSSR count). The van der Waals surface area contributed by atoms with Crippen molar-refractivity contribution in [2.75, 3.05) is 51.3 Å². The van der Waals surface area contributed by atoms with E-state index in [4.69, 9.17) is 14.5 Å². The number of rotatable bonds is 4. The minimum absolute atomic E-state index is 0. The Balaban J connectivity index is 0.00000218. The summed E-state index contributed by atoms with van der Waals surface area (Å²) in [4.78, 5) is 9.80. The van der Waals surface area contributed by atoms with E-state index < -0.39 is 0 Å². The smallest absolute Gasteiger partial charge is 0.194 e. The van der Waals surface area contributed by atoms with E-state index in [1.54, 1.807) is 7.11 Å². The molecule has 30 heavy (non-hydrogen) atoms. The molecular formula is C23H35IN4O2. The van der Waals surface area contributed by atoms with Crippen LogP contribution >= 0.6 is 24.0 Å². The van der Waals surface area contributed by atoms with Gasteiger partial charge in [-0.15, -0.1) is 24.0 Å². The quantitative estimate of drug-likeness (QED) is 0.371. The molecule has 1 spiro atoms. The van der Waals surface area contributed by atoms with Gasteiger partial charge in [0.1, 0.15) is 5.75 Å². The third-order valence-electron chi connectivity index (χ3n) is 7.65. The zero-order chi connectivity index (χ0) is 19.8. The second-order valence-corrected chi connectivity index (χ2v) is 8.92. The van der Waals surface area contributed by atoms with Crippen LogP contribution in [0.1, 0.15) is 32.6 Å². The standard InChI is InChI=1S/C23H34N4O2.HI/c1-3-24-22(25-20-19-9-16-29-21(19)23(20)10-4-11-23)27-14-12-26(13-15-27)17-5-7-18(28-2)8-6-17;/h5-8,19-21H,3-4,9-16H2,1-2H3,(H,24,25);1H. The number of nitrogens with one attached hydrogen (secondary N) is 1. The predicted molar refractivity (Wildman–Crippen MR) is 131 cm³/mol. The number of methoxy groups -OCH3 is 1. The van der Waals surface area contributed by atoms with Crippen LogP contribution in [0.2, 0.25) is 0 Å². The van der Waals surface area contributed by atoms with Crippen LogP contribution in [0.3, 0.4) is 0 Å². The van der Waals surface area contributed by atoms with E-state index in [1.165, 1.54) is 31.4 Å². The molecule has 0 amide bonds. The zero-order valence-electron chi connectivity index (χ0n) is 18.2. The Morgan fingerprint density at radius 2 is 1.93 bits per heavy atom. The van der Waals surface area contributed by atoms with Crippen LogP contribution in [0.15, 0.2) is 29.3 Å². The fourth-order valence-corrected chi connectivity index (χ4v) is 5.95. The topological polar surface area (TPSA) is 49.3 Å². The lowest BCUT2D eigenvalue weighted by atomic mass is 9.46. The van der Waals surface area contributed by atoms with Crippen molar-refractivity contribution in [1.82, 2.24) is 10.2 Å². The number of ether oxygens (including phenoxy) is 2. The van der Waals surface area contributed by atoms with Crippen LogP contribution in [-0.2, 0) is 4.74 Å². The van der Waals surface area contributed by atoms with Crippen LogP contribution in [0.5, 0.6) is 5.75 Å². The fourth-order valence-electron chi connectivity index (χ4n) is 5.95. The molecule has 3 atom stereocenters. The van der Waals surface area contributed by atoms with E-state index in [0.29, 0.717) is 23.5 Å². The second kappa shape index (κ2) is 9.10. The third-order valence-corrected chi connectivity index (χ3v) is 7.65. The molecule has 2 saturated carbocycles. The number of aliphatic imine (C=N–C) groups is 1. The molecule has 166 valence electrons. The van der Waals surface area contributed by atoms with E-state index >= 15 is 0 Å². The van der Waals surface area contributed by atoms with Gasteiger partial charge in [0.15, 0.2) is 5.96 Å². The predicted octanol–water partition coefficient (Wildman–Crippen LogP) is 3.36. The van der Waals surface area contributed by atoms with Gasteiger partial charge < -0.3 is 24.6 Å². The summed E-state index contributed by atoms with van der Waals surface area (Å²) < 4.78 is 11.4. The van der Waals surface area contributed by atoms with Crippen LogP contribution in [0.4, 0.5) is 5.69 Å². The average Bonchev–Trinajstić information content (AvgIpc) is 3.15. The maximum Gasteiger partial charge on any atom is 0.194 e. The number of halogens is 1. The van der Waals surface area contributed by atoms with Gasteiger partial charge in [-0.2, -0.15) is 0 Å². The summed E-state index contributed by atoms with van der Waals surface area (Å²) in [5.41, 5.74) is 1.66. The molecule has 1 aromatic carbocycles. The van der Waals surface area contributed by atoms with Crippen molar-refractivity contribution in [3.63, 3.8) is 0 Å². The molecule has 0 bridgehead atoms. The number of hydrogen-bond donors (Lipinski definition) is 1. The molecule has 0 aromatic heterocycles. The van der Waals surface area contributed by atoms with Crippen molar-refractivity contribution < 1.29 is 9.47 Å². The zero-order valence-corrected chi connectivity index (χ0v) is 20.5. The first kappa shape index (κ1) is 22.0. The van der Waals surface area contributed by atoms with Crippen LogP contribution in [0.25, 0.3) is 0 Å². The molecule has 2 aliphatic carbocycles. The highest BCUT2D eigenvalue weighted by molar-refractivity contribution is 14.0. The summed E-state index contributed by atoms with van der Waals surface area (Å²) in [5, 5.41) is 3.92. The summed E-state index contributed by atoms with van der Waals surface area (Å²) >= 11 is 0. The van der Waals surface area contributed by atoms with Crippen molar-refractivity contribution in [3.05, 3.63) is 24.3 Å². The number of hydrogen-bond acceptors (Lipinski definition) is 4. The lowest BCUT2D eigenvalue weighted by Crippen LogP contribution is -2.73. The molecule has 3 unspecified atom stereocenters. The minimum Gasteiger partial charge on any atom is -0.497 e. The summed E-state index contributed by atoms with van der Waals surface area (Å²) in [6, 6.07) is 8.95. The van der Waals surface area contributed by atoms with Gasteiger partial charge in [-0.05, 0) is 50.5 Å². The number of anilines is 1. The minimum atomic E-state index is 0. The average molecular weight is 526 g/mol. The normalized spacial score (nSPS) is 29.5. The Kier molecular flexibility index (Phi) is 6.67. The van der Waals surface area contributed by atoms with Gasteiger partial charge in [0.2, 0.25) is 0 Å². The van der Waals surface area contributed by atoms with Gasteiger partial charge >= 0.3 is 0 Å². The van der Waals surface area contributed by atoms with E-state index in [1.807, 2.05) is 12.1 Å². The van der Waals surface area contributed by atoms with E-state index in [2.05, 4.69) is 34.2 Å². The maximum absolute atomic E-state index is 6.10. The summed E-state index contributed by atoms with van der Waals surface area (Å²) in [7, 11) is 1.71. The molecule has 7 heteroatoms. The maximum atomic E-state index is 6.10. The lowest BCUT2D eigenvalue weighted by molar-refractivity contribution is -0.171. The van der Waals surface area contributed by atoms with Gasteiger partial charge in [-0.3, -0.25) is 4.99 Å². The highest BCUT2D eigenvalue weighted by atomic mass is 127. The number of piperazine rings is 1. The van der Waals surface area contributed by atoms with Gasteiger partial charge in [0, 0.05) is 62.4 Å².